The van der Waals surface area contributed by atoms with E-state index in [1.54, 1.807) is 12.1 Å². The van der Waals surface area contributed by atoms with Crippen LogP contribution in [0.2, 0.25) is 0 Å². The number of carbonyl (C=O) groups is 2. The van der Waals surface area contributed by atoms with Gasteiger partial charge >= 0.3 is 5.97 Å². The molecule has 0 saturated heterocycles. The summed E-state index contributed by atoms with van der Waals surface area (Å²) < 4.78 is 5.08. The van der Waals surface area contributed by atoms with Gasteiger partial charge < -0.3 is 10.1 Å². The van der Waals surface area contributed by atoms with E-state index in [-0.39, 0.29) is 18.6 Å². The second-order valence-electron chi connectivity index (χ2n) is 5.92. The molecule has 0 aromatic heterocycles. The van der Waals surface area contributed by atoms with Gasteiger partial charge in [0.05, 0.1) is 5.56 Å². The molecule has 1 saturated carbocycles. The number of amides is 1. The molecule has 1 N–H and O–H groups in total. The molecule has 0 heterocycles. The quantitative estimate of drug-likeness (QED) is 0.867. The number of rotatable bonds is 4. The van der Waals surface area contributed by atoms with Crippen molar-refractivity contribution in [1.29, 1.82) is 0 Å². The van der Waals surface area contributed by atoms with Gasteiger partial charge in [-0.05, 0) is 50.2 Å². The normalized spacial score (nSPS) is 21.6. The summed E-state index contributed by atoms with van der Waals surface area (Å²) in [6.45, 7) is 3.88. The predicted octanol–water partition coefficient (Wildman–Crippen LogP) is 2.85. The third-order valence-electron chi connectivity index (χ3n) is 4.08. The van der Waals surface area contributed by atoms with Crippen molar-refractivity contribution in [3.05, 3.63) is 35.4 Å². The van der Waals surface area contributed by atoms with Gasteiger partial charge in [-0.2, -0.15) is 0 Å². The van der Waals surface area contributed by atoms with Crippen LogP contribution in [-0.2, 0) is 9.53 Å². The molecule has 1 aliphatic rings. The molecule has 4 heteroatoms. The smallest absolute Gasteiger partial charge is 0.338 e. The van der Waals surface area contributed by atoms with Gasteiger partial charge in [0.25, 0.3) is 5.91 Å². The Morgan fingerprint density at radius 1 is 1.19 bits per heavy atom. The van der Waals surface area contributed by atoms with Crippen molar-refractivity contribution in [2.45, 2.75) is 45.6 Å². The lowest BCUT2D eigenvalue weighted by atomic mass is 9.87. The first kappa shape index (κ1) is 15.5. The van der Waals surface area contributed by atoms with Crippen LogP contribution in [0.5, 0.6) is 0 Å². The fourth-order valence-corrected chi connectivity index (χ4v) is 2.68. The van der Waals surface area contributed by atoms with Gasteiger partial charge in [0.2, 0.25) is 0 Å². The molecule has 1 fully saturated rings. The summed E-state index contributed by atoms with van der Waals surface area (Å²) in [6.07, 6.45) is 4.32. The van der Waals surface area contributed by atoms with Crippen molar-refractivity contribution in [3.8, 4) is 0 Å². The summed E-state index contributed by atoms with van der Waals surface area (Å²) in [4.78, 5) is 23.7. The minimum atomic E-state index is -0.444. The standard InChI is InChI=1S/C17H23NO3/c1-12-7-9-14(10-8-12)18-16(19)11-21-17(20)15-6-4-3-5-13(15)2/h3-6,12,14H,7-11H2,1-2H3,(H,18,19). The van der Waals surface area contributed by atoms with Gasteiger partial charge in [-0.1, -0.05) is 25.1 Å². The van der Waals surface area contributed by atoms with E-state index in [1.165, 1.54) is 0 Å². The lowest BCUT2D eigenvalue weighted by molar-refractivity contribution is -0.125. The van der Waals surface area contributed by atoms with E-state index in [1.807, 2.05) is 19.1 Å². The van der Waals surface area contributed by atoms with Crippen LogP contribution in [0.1, 0.15) is 48.5 Å². The van der Waals surface area contributed by atoms with Crippen LogP contribution in [0.25, 0.3) is 0 Å². The van der Waals surface area contributed by atoms with Crippen LogP contribution in [0, 0.1) is 12.8 Å². The Bertz CT molecular complexity index is 505. The maximum Gasteiger partial charge on any atom is 0.338 e. The zero-order valence-corrected chi connectivity index (χ0v) is 12.7. The van der Waals surface area contributed by atoms with E-state index in [4.69, 9.17) is 4.74 Å². The van der Waals surface area contributed by atoms with Crippen LogP contribution >= 0.6 is 0 Å². The number of hydrogen-bond acceptors (Lipinski definition) is 3. The molecule has 21 heavy (non-hydrogen) atoms. The first-order chi connectivity index (χ1) is 10.1. The maximum atomic E-state index is 11.9. The first-order valence-corrected chi connectivity index (χ1v) is 7.58. The Morgan fingerprint density at radius 2 is 1.86 bits per heavy atom. The van der Waals surface area contributed by atoms with Gasteiger partial charge in [0.15, 0.2) is 6.61 Å². The summed E-state index contributed by atoms with van der Waals surface area (Å²) in [7, 11) is 0. The van der Waals surface area contributed by atoms with Crippen LogP contribution in [-0.4, -0.2) is 24.5 Å². The first-order valence-electron chi connectivity index (χ1n) is 7.58. The number of nitrogens with one attached hydrogen (secondary N) is 1. The summed E-state index contributed by atoms with van der Waals surface area (Å²) in [5.74, 6) is 0.0917. The lowest BCUT2D eigenvalue weighted by Gasteiger charge is -2.26. The van der Waals surface area contributed by atoms with E-state index < -0.39 is 5.97 Å². The fourth-order valence-electron chi connectivity index (χ4n) is 2.68. The van der Waals surface area contributed by atoms with Gasteiger partial charge in [-0.3, -0.25) is 4.79 Å². The Kier molecular flexibility index (Phi) is 5.37. The number of carbonyl (C=O) groups excluding carboxylic acids is 2. The summed E-state index contributed by atoms with van der Waals surface area (Å²) >= 11 is 0. The summed E-state index contributed by atoms with van der Waals surface area (Å²) in [5.41, 5.74) is 1.36. The summed E-state index contributed by atoms with van der Waals surface area (Å²) in [5, 5.41) is 2.94. The third kappa shape index (κ3) is 4.59. The molecule has 0 radical (unpaired) electrons. The molecule has 1 amide bonds. The highest BCUT2D eigenvalue weighted by Gasteiger charge is 2.20. The average Bonchev–Trinajstić information content (AvgIpc) is 2.48. The van der Waals surface area contributed by atoms with Gasteiger partial charge in [0, 0.05) is 6.04 Å². The largest absolute Gasteiger partial charge is 0.452 e. The molecule has 2 rings (SSSR count). The summed E-state index contributed by atoms with van der Waals surface area (Å²) in [6, 6.07) is 7.43. The third-order valence-corrected chi connectivity index (χ3v) is 4.08. The van der Waals surface area contributed by atoms with Crippen molar-refractivity contribution in [1.82, 2.24) is 5.32 Å². The Morgan fingerprint density at radius 3 is 2.52 bits per heavy atom. The van der Waals surface area contributed by atoms with E-state index >= 15 is 0 Å². The average molecular weight is 289 g/mol. The number of hydrogen-bond donors (Lipinski definition) is 1. The van der Waals surface area contributed by atoms with Crippen molar-refractivity contribution in [2.75, 3.05) is 6.61 Å². The number of ether oxygens (including phenoxy) is 1. The lowest BCUT2D eigenvalue weighted by Crippen LogP contribution is -2.39. The minimum Gasteiger partial charge on any atom is -0.452 e. The Hall–Kier alpha value is -1.84. The number of esters is 1. The molecule has 1 aromatic carbocycles. The highest BCUT2D eigenvalue weighted by Crippen LogP contribution is 2.23. The van der Waals surface area contributed by atoms with E-state index in [0.717, 1.165) is 37.2 Å². The van der Waals surface area contributed by atoms with Crippen molar-refractivity contribution in [2.24, 2.45) is 5.92 Å². The molecule has 0 atom stereocenters. The second-order valence-corrected chi connectivity index (χ2v) is 5.92. The highest BCUT2D eigenvalue weighted by molar-refractivity contribution is 5.92. The highest BCUT2D eigenvalue weighted by atomic mass is 16.5. The van der Waals surface area contributed by atoms with Crippen molar-refractivity contribution >= 4 is 11.9 Å². The van der Waals surface area contributed by atoms with Crippen molar-refractivity contribution in [3.63, 3.8) is 0 Å². The van der Waals surface area contributed by atoms with E-state index in [9.17, 15) is 9.59 Å². The Balaban J connectivity index is 1.76. The van der Waals surface area contributed by atoms with Gasteiger partial charge in [-0.15, -0.1) is 0 Å². The molecule has 0 aliphatic heterocycles. The van der Waals surface area contributed by atoms with E-state index in [0.29, 0.717) is 5.56 Å². The molecular formula is C17H23NO3. The fraction of sp³-hybridized carbons (Fsp3) is 0.529. The van der Waals surface area contributed by atoms with Crippen LogP contribution < -0.4 is 5.32 Å². The molecular weight excluding hydrogens is 266 g/mol. The number of aryl methyl sites for hydroxylation is 1. The van der Waals surface area contributed by atoms with E-state index in [2.05, 4.69) is 12.2 Å². The number of benzene rings is 1. The van der Waals surface area contributed by atoms with Crippen LogP contribution in [0.3, 0.4) is 0 Å². The van der Waals surface area contributed by atoms with Gasteiger partial charge in [0.1, 0.15) is 0 Å². The van der Waals surface area contributed by atoms with Crippen LogP contribution in [0.4, 0.5) is 0 Å². The molecule has 0 bridgehead atoms. The second kappa shape index (κ2) is 7.25. The minimum absolute atomic E-state index is 0.209. The topological polar surface area (TPSA) is 55.4 Å². The maximum absolute atomic E-state index is 11.9. The van der Waals surface area contributed by atoms with Crippen LogP contribution in [0.15, 0.2) is 24.3 Å². The molecule has 1 aromatic rings. The molecule has 114 valence electrons. The van der Waals surface area contributed by atoms with Crippen molar-refractivity contribution < 1.29 is 14.3 Å². The molecule has 4 nitrogen and oxygen atoms in total. The monoisotopic (exact) mass is 289 g/mol. The predicted molar refractivity (Wildman–Crippen MR) is 81.0 cm³/mol. The van der Waals surface area contributed by atoms with Gasteiger partial charge in [-0.25, -0.2) is 4.79 Å². The molecule has 0 spiro atoms. The Labute approximate surface area is 125 Å². The molecule has 1 aliphatic carbocycles. The SMILES string of the molecule is Cc1ccccc1C(=O)OCC(=O)NC1CCC(C)CC1. The molecule has 0 unspecified atom stereocenters. The zero-order chi connectivity index (χ0) is 15.2. The zero-order valence-electron chi connectivity index (χ0n) is 12.7.